The number of nitrogens with one attached hydrogen (secondary N) is 6. The summed E-state index contributed by atoms with van der Waals surface area (Å²) in [7, 11) is 0. The highest BCUT2D eigenvalue weighted by molar-refractivity contribution is 8.01. The number of carbonyl (C=O) groups excluding carboxylic acids is 9. The molecule has 412 valence electrons. The first kappa shape index (κ1) is 56.4. The second-order valence-electron chi connectivity index (χ2n) is 21.6. The van der Waals surface area contributed by atoms with Crippen LogP contribution in [-0.4, -0.2) is 115 Å². The van der Waals surface area contributed by atoms with Gasteiger partial charge in [-0.05, 0) is 113 Å². The molecule has 8 rings (SSSR count). The predicted molar refractivity (Wildman–Crippen MR) is 283 cm³/mol. The standard InChI is InChI=1S/C56H69F2N9O9S/c1-55(2)47(67-45(77-55)21-14-20-40(54(67)76)63-49(71)41-30-34-29-35(56(3,57)58)22-23-38(34)61-41)52(74)62-39(24-26-43(59)68)48(70)65-46(33-16-10-8-11-17-33)51(73)60-28-12-7-5-4-6-9-15-32-18-13-19-36-37(32)31-66(53(36)75)42-25-27-44(69)64-50(42)72/h13,18-19,22-23,29-30,33,39-40,42,45-47,61H,4-8,10-12,14,16-17,20-21,24-28,31H2,1-3H3,(H2,59,68)(H,60,73)(H,62,74)(H,63,71)(H,65,70)(H,64,69,72)/t39-,40-,42?,45+,46-,47+/m0/s1. The van der Waals surface area contributed by atoms with Crippen molar-refractivity contribution in [3.05, 3.63) is 70.4 Å². The Kier molecular flexibility index (Phi) is 17.8. The molecule has 9 amide bonds. The molecule has 3 aromatic rings. The SMILES string of the molecule is CC(F)(F)c1ccc2[nH]c(C(=O)N[C@H]3CCC[C@H]4SC(C)(C)[C@@H](C(=O)N[C@@H](CCC(N)=O)C(=O)N[C@H](C(=O)NCCCCCCC#Cc5cccc6c5CN(C5CCC(=O)NC5=O)C6=O)C5CCCCC5)N4C3=O)cc2c1. The lowest BCUT2D eigenvalue weighted by molar-refractivity contribution is -0.143. The molecule has 3 saturated heterocycles. The fraction of sp³-hybridized carbons (Fsp3) is 0.554. The zero-order valence-electron chi connectivity index (χ0n) is 43.8. The molecular weight excluding hydrogens is 1010 g/mol. The van der Waals surface area contributed by atoms with Crippen molar-refractivity contribution in [2.75, 3.05) is 6.54 Å². The first-order chi connectivity index (χ1) is 36.7. The molecule has 0 spiro atoms. The molecule has 1 aliphatic carbocycles. The fourth-order valence-electron chi connectivity index (χ4n) is 11.4. The summed E-state index contributed by atoms with van der Waals surface area (Å²) in [5.41, 5.74) is 7.89. The minimum absolute atomic E-state index is 0.0759. The number of nitrogens with two attached hydrogens (primary N) is 1. The fourth-order valence-corrected chi connectivity index (χ4v) is 13.1. The lowest BCUT2D eigenvalue weighted by atomic mass is 9.83. The summed E-state index contributed by atoms with van der Waals surface area (Å²) in [6, 6.07) is 5.82. The molecule has 18 nitrogen and oxygen atoms in total. The minimum Gasteiger partial charge on any atom is -0.370 e. The molecule has 0 radical (unpaired) electrons. The number of imide groups is 1. The number of rotatable bonds is 19. The number of carbonyl (C=O) groups is 9. The zero-order chi connectivity index (χ0) is 55.2. The van der Waals surface area contributed by atoms with Gasteiger partial charge >= 0.3 is 0 Å². The summed E-state index contributed by atoms with van der Waals surface area (Å²) in [5.74, 6) is -1.35. The van der Waals surface area contributed by atoms with E-state index < -0.39 is 81.7 Å². The van der Waals surface area contributed by atoms with Crippen LogP contribution in [0.5, 0.6) is 0 Å². The van der Waals surface area contributed by atoms with Crippen molar-refractivity contribution in [3.8, 4) is 11.8 Å². The van der Waals surface area contributed by atoms with Crippen molar-refractivity contribution >= 4 is 75.8 Å². The van der Waals surface area contributed by atoms with Crippen LogP contribution in [0.4, 0.5) is 8.78 Å². The van der Waals surface area contributed by atoms with Crippen LogP contribution in [-0.2, 0) is 46.0 Å². The maximum Gasteiger partial charge on any atom is 0.270 e. The van der Waals surface area contributed by atoms with E-state index in [1.807, 2.05) is 19.9 Å². The molecular formula is C56H69F2N9O9S. The number of amides is 9. The number of thioether (sulfide) groups is 1. The molecule has 1 unspecified atom stereocenters. The van der Waals surface area contributed by atoms with Crippen LogP contribution < -0.4 is 32.3 Å². The second kappa shape index (κ2) is 24.2. The molecule has 1 saturated carbocycles. The average Bonchev–Trinajstić information content (AvgIpc) is 4.20. The molecule has 5 heterocycles. The number of hydrogen-bond acceptors (Lipinski definition) is 10. The number of primary amides is 1. The smallest absolute Gasteiger partial charge is 0.270 e. The van der Waals surface area contributed by atoms with Crippen molar-refractivity contribution in [1.29, 1.82) is 0 Å². The van der Waals surface area contributed by atoms with E-state index >= 15 is 0 Å². The number of benzene rings is 2. The summed E-state index contributed by atoms with van der Waals surface area (Å²) >= 11 is 1.44. The summed E-state index contributed by atoms with van der Waals surface area (Å²) in [5, 5.41) is 13.9. The zero-order valence-corrected chi connectivity index (χ0v) is 44.6. The number of alkyl halides is 2. The quantitative estimate of drug-likeness (QED) is 0.0463. The van der Waals surface area contributed by atoms with Gasteiger partial charge in [-0.1, -0.05) is 56.1 Å². The second-order valence-corrected chi connectivity index (χ2v) is 23.4. The number of aromatic amines is 1. The predicted octanol–water partition coefficient (Wildman–Crippen LogP) is 5.31. The Morgan fingerprint density at radius 2 is 1.68 bits per heavy atom. The third kappa shape index (κ3) is 13.3. The van der Waals surface area contributed by atoms with Crippen molar-refractivity contribution in [1.82, 2.24) is 41.4 Å². The van der Waals surface area contributed by atoms with Crippen LogP contribution in [0, 0.1) is 17.8 Å². The highest BCUT2D eigenvalue weighted by atomic mass is 32.2. The lowest BCUT2D eigenvalue weighted by Crippen LogP contribution is -2.61. The van der Waals surface area contributed by atoms with E-state index in [4.69, 9.17) is 5.73 Å². The van der Waals surface area contributed by atoms with Gasteiger partial charge in [-0.15, -0.1) is 11.8 Å². The Labute approximate surface area is 450 Å². The van der Waals surface area contributed by atoms with Crippen LogP contribution in [0.2, 0.25) is 0 Å². The molecule has 4 fully saturated rings. The number of nitrogens with zero attached hydrogens (tertiary/aromatic N) is 2. The molecule has 8 N–H and O–H groups in total. The molecule has 4 aliphatic heterocycles. The van der Waals surface area contributed by atoms with Crippen molar-refractivity contribution in [2.45, 2.75) is 183 Å². The average molecular weight is 1080 g/mol. The Bertz CT molecular complexity index is 2870. The van der Waals surface area contributed by atoms with Gasteiger partial charge in [0.1, 0.15) is 35.9 Å². The van der Waals surface area contributed by atoms with Crippen LogP contribution in [0.25, 0.3) is 10.9 Å². The third-order valence-electron chi connectivity index (χ3n) is 15.5. The number of H-pyrrole nitrogens is 1. The van der Waals surface area contributed by atoms with Crippen molar-refractivity contribution in [2.24, 2.45) is 11.7 Å². The van der Waals surface area contributed by atoms with Gasteiger partial charge in [-0.3, -0.25) is 48.5 Å². The monoisotopic (exact) mass is 1080 g/mol. The van der Waals surface area contributed by atoms with Gasteiger partial charge in [0, 0.05) is 71.6 Å². The maximum absolute atomic E-state index is 14.6. The van der Waals surface area contributed by atoms with E-state index in [0.29, 0.717) is 61.5 Å². The van der Waals surface area contributed by atoms with E-state index in [1.165, 1.54) is 45.8 Å². The van der Waals surface area contributed by atoms with Crippen LogP contribution >= 0.6 is 11.8 Å². The van der Waals surface area contributed by atoms with E-state index in [1.54, 1.807) is 12.1 Å². The highest BCUT2D eigenvalue weighted by Crippen LogP contribution is 2.48. The van der Waals surface area contributed by atoms with Crippen molar-refractivity contribution < 1.29 is 51.9 Å². The largest absolute Gasteiger partial charge is 0.370 e. The van der Waals surface area contributed by atoms with E-state index in [9.17, 15) is 51.9 Å². The van der Waals surface area contributed by atoms with Gasteiger partial charge in [0.2, 0.25) is 41.4 Å². The summed E-state index contributed by atoms with van der Waals surface area (Å²) in [6.07, 6.45) is 9.30. The summed E-state index contributed by atoms with van der Waals surface area (Å²) in [6.45, 7) is 5.06. The molecule has 77 heavy (non-hydrogen) atoms. The number of hydrogen-bond donors (Lipinski definition) is 7. The van der Waals surface area contributed by atoms with E-state index in [0.717, 1.165) is 56.6 Å². The molecule has 5 aliphatic rings. The molecule has 2 aromatic carbocycles. The van der Waals surface area contributed by atoms with Gasteiger partial charge in [0.25, 0.3) is 17.7 Å². The van der Waals surface area contributed by atoms with E-state index in [2.05, 4.69) is 43.4 Å². The molecule has 1 aromatic heterocycles. The van der Waals surface area contributed by atoms with Crippen LogP contribution in [0.1, 0.15) is 167 Å². The number of unbranched alkanes of at least 4 members (excludes halogenated alkanes) is 4. The van der Waals surface area contributed by atoms with Gasteiger partial charge in [-0.2, -0.15) is 0 Å². The molecule has 21 heteroatoms. The van der Waals surface area contributed by atoms with Gasteiger partial charge in [0.15, 0.2) is 0 Å². The Morgan fingerprint density at radius 3 is 2.42 bits per heavy atom. The van der Waals surface area contributed by atoms with Crippen molar-refractivity contribution in [3.63, 3.8) is 0 Å². The summed E-state index contributed by atoms with van der Waals surface area (Å²) in [4.78, 5) is 126. The highest BCUT2D eigenvalue weighted by Gasteiger charge is 2.55. The first-order valence-corrected chi connectivity index (χ1v) is 27.8. The molecule has 6 atom stereocenters. The maximum atomic E-state index is 14.6. The Morgan fingerprint density at radius 1 is 0.909 bits per heavy atom. The Hall–Kier alpha value is -6.82. The number of piperidine rings is 1. The number of aromatic nitrogens is 1. The number of fused-ring (bicyclic) bond motifs is 3. The summed E-state index contributed by atoms with van der Waals surface area (Å²) < 4.78 is 27.3. The molecule has 0 bridgehead atoms. The van der Waals surface area contributed by atoms with Crippen LogP contribution in [0.3, 0.4) is 0 Å². The minimum atomic E-state index is -3.09. The Balaban J connectivity index is 0.854. The van der Waals surface area contributed by atoms with Gasteiger partial charge in [-0.25, -0.2) is 8.78 Å². The first-order valence-electron chi connectivity index (χ1n) is 26.9. The third-order valence-corrected chi connectivity index (χ3v) is 17.0. The van der Waals surface area contributed by atoms with Gasteiger partial charge in [0.05, 0.1) is 5.37 Å². The lowest BCUT2D eigenvalue weighted by Gasteiger charge is -2.34. The topological polar surface area (TPSA) is 262 Å². The normalized spacial score (nSPS) is 22.2. The van der Waals surface area contributed by atoms with E-state index in [-0.39, 0.29) is 73.5 Å². The number of halogens is 2. The van der Waals surface area contributed by atoms with Crippen LogP contribution in [0.15, 0.2) is 42.5 Å². The van der Waals surface area contributed by atoms with Gasteiger partial charge < -0.3 is 41.8 Å².